The molecule has 0 aliphatic carbocycles. The molecule has 2 fully saturated rings. The molecular weight excluding hydrogens is 436 g/mol. The SMILES string of the molecule is Cc1cc(F)ccc1C1CC([N+]2(C)CCOCC2)CCN1C(N)=O.[I-]. The smallest absolute Gasteiger partial charge is 0.315 e. The molecule has 2 aliphatic heterocycles. The summed E-state index contributed by atoms with van der Waals surface area (Å²) >= 11 is 0. The third kappa shape index (κ3) is 4.25. The number of carbonyl (C=O) groups excluding carboxylic acids is 1. The highest BCUT2D eigenvalue weighted by Crippen LogP contribution is 2.37. The molecular formula is C18H27FIN3O2. The van der Waals surface area contributed by atoms with Crippen LogP contribution < -0.4 is 29.7 Å². The van der Waals surface area contributed by atoms with Crippen molar-refractivity contribution in [3.05, 3.63) is 35.1 Å². The Balaban J connectivity index is 0.00000225. The average Bonchev–Trinajstić information content (AvgIpc) is 2.55. The molecule has 25 heavy (non-hydrogen) atoms. The Labute approximate surface area is 165 Å². The lowest BCUT2D eigenvalue weighted by Crippen LogP contribution is -3.00. The van der Waals surface area contributed by atoms with Crippen LogP contribution in [0.4, 0.5) is 9.18 Å². The molecule has 7 heteroatoms. The predicted octanol–water partition coefficient (Wildman–Crippen LogP) is -0.801. The van der Waals surface area contributed by atoms with E-state index in [0.717, 1.165) is 54.8 Å². The Morgan fingerprint density at radius 2 is 2.04 bits per heavy atom. The quantitative estimate of drug-likeness (QED) is 0.462. The van der Waals surface area contributed by atoms with Gasteiger partial charge in [-0.25, -0.2) is 9.18 Å². The lowest BCUT2D eigenvalue weighted by molar-refractivity contribution is -0.941. The molecule has 0 spiro atoms. The Kier molecular flexibility index (Phi) is 6.67. The maximum absolute atomic E-state index is 13.5. The number of halogens is 2. The second-order valence-corrected chi connectivity index (χ2v) is 7.27. The number of hydrogen-bond donors (Lipinski definition) is 1. The maximum Gasteiger partial charge on any atom is 0.315 e. The summed E-state index contributed by atoms with van der Waals surface area (Å²) in [6, 6.07) is 4.78. The summed E-state index contributed by atoms with van der Waals surface area (Å²) in [5.41, 5.74) is 7.49. The molecule has 2 heterocycles. The largest absolute Gasteiger partial charge is 1.00 e. The molecule has 140 valence electrons. The monoisotopic (exact) mass is 463 g/mol. The van der Waals surface area contributed by atoms with Crippen LogP contribution in [0.3, 0.4) is 0 Å². The zero-order chi connectivity index (χ0) is 17.3. The number of likely N-dealkylation sites (tertiary alicyclic amines) is 1. The van der Waals surface area contributed by atoms with Crippen LogP contribution in [0.2, 0.25) is 0 Å². The fraction of sp³-hybridized carbons (Fsp3) is 0.611. The zero-order valence-corrected chi connectivity index (χ0v) is 17.0. The van der Waals surface area contributed by atoms with Gasteiger partial charge in [-0.2, -0.15) is 0 Å². The van der Waals surface area contributed by atoms with Gasteiger partial charge in [-0.1, -0.05) is 6.07 Å². The van der Waals surface area contributed by atoms with E-state index < -0.39 is 6.03 Å². The standard InChI is InChI=1S/C18H26FN3O2.HI/c1-13-11-14(19)3-4-16(13)17-12-15(5-6-21(17)18(20)23)22(2)7-9-24-10-8-22;/h3-4,11,15,17H,5-10,12H2,1-2H3,(H-,20,23);1H. The number of likely N-dealkylation sites (N-methyl/N-ethyl adjacent to an activating group) is 1. The normalized spacial score (nSPS) is 26.0. The van der Waals surface area contributed by atoms with Crippen molar-refractivity contribution in [2.45, 2.75) is 31.8 Å². The van der Waals surface area contributed by atoms with Crippen LogP contribution in [0, 0.1) is 12.7 Å². The van der Waals surface area contributed by atoms with Gasteiger partial charge in [0.1, 0.15) is 18.9 Å². The van der Waals surface area contributed by atoms with Gasteiger partial charge in [0.05, 0.1) is 32.3 Å². The van der Waals surface area contributed by atoms with Gasteiger partial charge in [0, 0.05) is 19.4 Å². The second-order valence-electron chi connectivity index (χ2n) is 7.27. The molecule has 0 bridgehead atoms. The summed E-state index contributed by atoms with van der Waals surface area (Å²) in [5, 5.41) is 0. The van der Waals surface area contributed by atoms with Crippen molar-refractivity contribution in [3.8, 4) is 0 Å². The number of piperidine rings is 1. The van der Waals surface area contributed by atoms with Crippen molar-refractivity contribution in [2.24, 2.45) is 5.73 Å². The Morgan fingerprint density at radius 1 is 1.36 bits per heavy atom. The number of carbonyl (C=O) groups is 1. The highest BCUT2D eigenvalue weighted by molar-refractivity contribution is 5.73. The molecule has 2 saturated heterocycles. The lowest BCUT2D eigenvalue weighted by Gasteiger charge is -2.49. The van der Waals surface area contributed by atoms with Gasteiger partial charge in [-0.15, -0.1) is 0 Å². The number of morpholine rings is 1. The number of ether oxygens (including phenoxy) is 1. The van der Waals surface area contributed by atoms with Crippen LogP contribution in [-0.2, 0) is 4.74 Å². The van der Waals surface area contributed by atoms with E-state index in [4.69, 9.17) is 10.5 Å². The summed E-state index contributed by atoms with van der Waals surface area (Å²) in [6.45, 7) is 6.11. The molecule has 1 aromatic rings. The first kappa shape index (κ1) is 20.4. The summed E-state index contributed by atoms with van der Waals surface area (Å²) in [4.78, 5) is 13.7. The predicted molar refractivity (Wildman–Crippen MR) is 89.9 cm³/mol. The maximum atomic E-state index is 13.5. The molecule has 1 aromatic carbocycles. The molecule has 2 N–H and O–H groups in total. The van der Waals surface area contributed by atoms with Crippen molar-refractivity contribution < 1.29 is 42.4 Å². The van der Waals surface area contributed by atoms with Gasteiger partial charge in [-0.05, 0) is 30.2 Å². The Hall–Kier alpha value is -0.930. The molecule has 0 aromatic heterocycles. The summed E-state index contributed by atoms with van der Waals surface area (Å²) < 4.78 is 20.0. The Bertz CT molecular complexity index is 622. The Morgan fingerprint density at radius 3 is 2.64 bits per heavy atom. The number of hydrogen-bond acceptors (Lipinski definition) is 2. The van der Waals surface area contributed by atoms with Crippen LogP contribution in [0.15, 0.2) is 18.2 Å². The topological polar surface area (TPSA) is 55.6 Å². The number of aryl methyl sites for hydroxylation is 1. The summed E-state index contributed by atoms with van der Waals surface area (Å²) in [7, 11) is 2.28. The first-order chi connectivity index (χ1) is 11.4. The molecule has 0 saturated carbocycles. The van der Waals surface area contributed by atoms with E-state index in [2.05, 4.69) is 7.05 Å². The summed E-state index contributed by atoms with van der Waals surface area (Å²) in [6.07, 6.45) is 1.79. The van der Waals surface area contributed by atoms with Gasteiger partial charge in [0.25, 0.3) is 0 Å². The first-order valence-electron chi connectivity index (χ1n) is 8.65. The highest BCUT2D eigenvalue weighted by Gasteiger charge is 2.42. The van der Waals surface area contributed by atoms with E-state index in [1.54, 1.807) is 11.0 Å². The lowest BCUT2D eigenvalue weighted by atomic mass is 9.87. The fourth-order valence-corrected chi connectivity index (χ4v) is 4.21. The number of nitrogens with zero attached hydrogens (tertiary/aromatic N) is 2. The van der Waals surface area contributed by atoms with E-state index in [-0.39, 0.29) is 35.8 Å². The number of quaternary nitrogens is 1. The average molecular weight is 463 g/mol. The van der Waals surface area contributed by atoms with Gasteiger partial charge in [0.15, 0.2) is 0 Å². The van der Waals surface area contributed by atoms with Gasteiger partial charge in [0.2, 0.25) is 0 Å². The first-order valence-corrected chi connectivity index (χ1v) is 8.65. The van der Waals surface area contributed by atoms with E-state index in [1.165, 1.54) is 12.1 Å². The van der Waals surface area contributed by atoms with E-state index in [9.17, 15) is 9.18 Å². The van der Waals surface area contributed by atoms with Crippen LogP contribution in [0.1, 0.15) is 30.0 Å². The molecule has 0 radical (unpaired) electrons. The second kappa shape index (κ2) is 8.18. The number of nitrogens with two attached hydrogens (primary N) is 1. The van der Waals surface area contributed by atoms with Crippen molar-refractivity contribution in [1.82, 2.24) is 4.90 Å². The van der Waals surface area contributed by atoms with Crippen LogP contribution >= 0.6 is 0 Å². The fourth-order valence-electron chi connectivity index (χ4n) is 4.21. The van der Waals surface area contributed by atoms with Crippen molar-refractivity contribution in [3.63, 3.8) is 0 Å². The van der Waals surface area contributed by atoms with Gasteiger partial charge >= 0.3 is 6.03 Å². The van der Waals surface area contributed by atoms with E-state index in [0.29, 0.717) is 12.6 Å². The van der Waals surface area contributed by atoms with Gasteiger partial charge in [-0.3, -0.25) is 0 Å². The number of primary amides is 1. The zero-order valence-electron chi connectivity index (χ0n) is 14.9. The molecule has 2 aliphatic rings. The van der Waals surface area contributed by atoms with E-state index >= 15 is 0 Å². The van der Waals surface area contributed by atoms with Gasteiger partial charge < -0.3 is 43.8 Å². The molecule has 2 atom stereocenters. The molecule has 3 rings (SSSR count). The number of amides is 2. The van der Waals surface area contributed by atoms with Crippen molar-refractivity contribution in [2.75, 3.05) is 39.9 Å². The number of benzene rings is 1. The highest BCUT2D eigenvalue weighted by atomic mass is 127. The van der Waals surface area contributed by atoms with Crippen molar-refractivity contribution in [1.29, 1.82) is 0 Å². The minimum Gasteiger partial charge on any atom is -1.00 e. The van der Waals surface area contributed by atoms with Crippen LogP contribution in [0.5, 0.6) is 0 Å². The summed E-state index contributed by atoms with van der Waals surface area (Å²) in [5.74, 6) is -0.249. The number of rotatable bonds is 2. The van der Waals surface area contributed by atoms with Crippen molar-refractivity contribution >= 4 is 6.03 Å². The van der Waals surface area contributed by atoms with Crippen LogP contribution in [0.25, 0.3) is 0 Å². The molecule has 5 nitrogen and oxygen atoms in total. The van der Waals surface area contributed by atoms with E-state index in [1.807, 2.05) is 6.92 Å². The number of urea groups is 1. The third-order valence-corrected chi connectivity index (χ3v) is 5.82. The van der Waals surface area contributed by atoms with Crippen LogP contribution in [-0.4, -0.2) is 61.4 Å². The minimum atomic E-state index is -0.396. The third-order valence-electron chi connectivity index (χ3n) is 5.82. The minimum absolute atomic E-state index is 0. The molecule has 2 unspecified atom stereocenters. The molecule has 2 amide bonds.